The summed E-state index contributed by atoms with van der Waals surface area (Å²) in [5.41, 5.74) is 0.842. The van der Waals surface area contributed by atoms with Gasteiger partial charge < -0.3 is 9.84 Å². The van der Waals surface area contributed by atoms with Crippen molar-refractivity contribution in [3.8, 4) is 11.5 Å². The molecule has 1 rings (SSSR count). The highest BCUT2D eigenvalue weighted by molar-refractivity contribution is 7.87. The lowest BCUT2D eigenvalue weighted by Gasteiger charge is -2.03. The number of benzene rings is 1. The van der Waals surface area contributed by atoms with E-state index in [0.717, 1.165) is 5.56 Å². The summed E-state index contributed by atoms with van der Waals surface area (Å²) in [6.45, 7) is 0. The third-order valence-corrected chi connectivity index (χ3v) is 2.18. The largest absolute Gasteiger partial charge is 0.504 e. The minimum atomic E-state index is -0.964. The standard InChI is InChI=1S/C10H12O3S/c1-13-10-7-8(3-4-9(10)11)5-6-14(2)12/h3-7,11H,1-2H3. The first-order valence-corrected chi connectivity index (χ1v) is 5.63. The maximum atomic E-state index is 10.8. The molecule has 0 spiro atoms. The molecule has 0 aliphatic heterocycles. The van der Waals surface area contributed by atoms with Gasteiger partial charge in [0.15, 0.2) is 11.5 Å². The molecule has 0 heterocycles. The van der Waals surface area contributed by atoms with Gasteiger partial charge in [0.05, 0.1) is 7.11 Å². The fourth-order valence-electron chi connectivity index (χ4n) is 0.972. The van der Waals surface area contributed by atoms with Gasteiger partial charge in [0, 0.05) is 22.5 Å². The molecule has 0 fully saturated rings. The van der Waals surface area contributed by atoms with Crippen LogP contribution in [-0.4, -0.2) is 22.7 Å². The van der Waals surface area contributed by atoms with Crippen LogP contribution in [0.5, 0.6) is 11.5 Å². The van der Waals surface area contributed by atoms with Crippen molar-refractivity contribution in [2.45, 2.75) is 0 Å². The molecule has 4 heteroatoms. The van der Waals surface area contributed by atoms with E-state index in [4.69, 9.17) is 4.74 Å². The molecule has 3 nitrogen and oxygen atoms in total. The Hall–Kier alpha value is -1.29. The second kappa shape index (κ2) is 4.81. The van der Waals surface area contributed by atoms with Crippen LogP contribution in [0.25, 0.3) is 6.08 Å². The highest BCUT2D eigenvalue weighted by atomic mass is 32.2. The van der Waals surface area contributed by atoms with Crippen molar-refractivity contribution < 1.29 is 14.1 Å². The van der Waals surface area contributed by atoms with Crippen molar-refractivity contribution in [1.29, 1.82) is 0 Å². The van der Waals surface area contributed by atoms with Crippen molar-refractivity contribution in [1.82, 2.24) is 0 Å². The molecule has 1 atom stereocenters. The van der Waals surface area contributed by atoms with Gasteiger partial charge in [-0.25, -0.2) is 0 Å². The minimum absolute atomic E-state index is 0.0993. The van der Waals surface area contributed by atoms with Crippen LogP contribution in [-0.2, 0) is 10.8 Å². The fraction of sp³-hybridized carbons (Fsp3) is 0.200. The molecule has 0 saturated heterocycles. The molecule has 0 aromatic heterocycles. The molecule has 1 unspecified atom stereocenters. The summed E-state index contributed by atoms with van der Waals surface area (Å²) in [5.74, 6) is 0.510. The zero-order valence-electron chi connectivity index (χ0n) is 8.06. The molecule has 0 radical (unpaired) electrons. The second-order valence-corrected chi connectivity index (χ2v) is 4.00. The molecule has 0 saturated carbocycles. The first-order chi connectivity index (χ1) is 6.63. The number of hydrogen-bond donors (Lipinski definition) is 1. The summed E-state index contributed by atoms with van der Waals surface area (Å²) in [5, 5.41) is 10.9. The van der Waals surface area contributed by atoms with E-state index >= 15 is 0 Å². The van der Waals surface area contributed by atoms with Gasteiger partial charge in [0.2, 0.25) is 0 Å². The van der Waals surface area contributed by atoms with E-state index in [1.54, 1.807) is 29.9 Å². The third-order valence-electron chi connectivity index (χ3n) is 1.66. The minimum Gasteiger partial charge on any atom is -0.504 e. The second-order valence-electron chi connectivity index (χ2n) is 2.73. The van der Waals surface area contributed by atoms with Gasteiger partial charge in [-0.3, -0.25) is 4.21 Å². The quantitative estimate of drug-likeness (QED) is 0.830. The Labute approximate surface area is 85.5 Å². The Morgan fingerprint density at radius 3 is 2.79 bits per heavy atom. The van der Waals surface area contributed by atoms with Crippen molar-refractivity contribution in [3.63, 3.8) is 0 Å². The lowest BCUT2D eigenvalue weighted by Crippen LogP contribution is -1.84. The van der Waals surface area contributed by atoms with Gasteiger partial charge in [-0.1, -0.05) is 6.07 Å². The lowest BCUT2D eigenvalue weighted by molar-refractivity contribution is 0.373. The Morgan fingerprint density at radius 2 is 2.21 bits per heavy atom. The van der Waals surface area contributed by atoms with E-state index in [0.29, 0.717) is 5.75 Å². The van der Waals surface area contributed by atoms with E-state index in [-0.39, 0.29) is 5.75 Å². The number of aromatic hydroxyl groups is 1. The molecule has 0 aliphatic carbocycles. The number of hydrogen-bond acceptors (Lipinski definition) is 3. The zero-order valence-corrected chi connectivity index (χ0v) is 8.88. The van der Waals surface area contributed by atoms with E-state index < -0.39 is 10.8 Å². The van der Waals surface area contributed by atoms with Crippen molar-refractivity contribution in [3.05, 3.63) is 29.2 Å². The number of methoxy groups -OCH3 is 1. The molecule has 0 amide bonds. The topological polar surface area (TPSA) is 46.5 Å². The highest BCUT2D eigenvalue weighted by Gasteiger charge is 1.99. The van der Waals surface area contributed by atoms with Gasteiger partial charge >= 0.3 is 0 Å². The molecular formula is C10H12O3S. The van der Waals surface area contributed by atoms with Gasteiger partial charge in [-0.05, 0) is 23.8 Å². The SMILES string of the molecule is COc1cc(C=CS(C)=O)ccc1O. The number of rotatable bonds is 3. The predicted octanol–water partition coefficient (Wildman–Crippen LogP) is 1.75. The smallest absolute Gasteiger partial charge is 0.161 e. The van der Waals surface area contributed by atoms with Crippen molar-refractivity contribution in [2.75, 3.05) is 13.4 Å². The summed E-state index contributed by atoms with van der Waals surface area (Å²) >= 11 is 0. The monoisotopic (exact) mass is 212 g/mol. The molecule has 0 bridgehead atoms. The van der Waals surface area contributed by atoms with E-state index in [1.807, 2.05) is 0 Å². The van der Waals surface area contributed by atoms with Crippen LogP contribution >= 0.6 is 0 Å². The van der Waals surface area contributed by atoms with E-state index in [2.05, 4.69) is 0 Å². The Bertz CT molecular complexity index is 372. The summed E-state index contributed by atoms with van der Waals surface area (Å²) < 4.78 is 15.7. The average molecular weight is 212 g/mol. The van der Waals surface area contributed by atoms with Gasteiger partial charge in [0.1, 0.15) is 0 Å². The summed E-state index contributed by atoms with van der Waals surface area (Å²) in [7, 11) is 0.523. The predicted molar refractivity (Wildman–Crippen MR) is 57.8 cm³/mol. The third kappa shape index (κ3) is 2.88. The van der Waals surface area contributed by atoms with Crippen LogP contribution < -0.4 is 4.74 Å². The Balaban J connectivity index is 2.95. The first kappa shape index (κ1) is 10.8. The molecule has 76 valence electrons. The van der Waals surface area contributed by atoms with Gasteiger partial charge in [0.25, 0.3) is 0 Å². The number of phenols is 1. The zero-order chi connectivity index (χ0) is 10.6. The Kier molecular flexibility index (Phi) is 3.71. The molecule has 1 aromatic rings. The summed E-state index contributed by atoms with van der Waals surface area (Å²) in [6.07, 6.45) is 3.31. The number of phenolic OH excluding ortho intramolecular Hbond substituents is 1. The van der Waals surface area contributed by atoms with Crippen molar-refractivity contribution in [2.24, 2.45) is 0 Å². The average Bonchev–Trinajstić information content (AvgIpc) is 2.16. The molecule has 0 aliphatic rings. The highest BCUT2D eigenvalue weighted by Crippen LogP contribution is 2.26. The van der Waals surface area contributed by atoms with Crippen LogP contribution in [0.3, 0.4) is 0 Å². The van der Waals surface area contributed by atoms with Crippen LogP contribution in [0.15, 0.2) is 23.6 Å². The molecule has 1 aromatic carbocycles. The summed E-state index contributed by atoms with van der Waals surface area (Å²) in [6, 6.07) is 4.94. The summed E-state index contributed by atoms with van der Waals surface area (Å²) in [4.78, 5) is 0. The first-order valence-electron chi connectivity index (χ1n) is 4.01. The molecule has 14 heavy (non-hydrogen) atoms. The maximum Gasteiger partial charge on any atom is 0.161 e. The maximum absolute atomic E-state index is 10.8. The lowest BCUT2D eigenvalue weighted by atomic mass is 10.2. The van der Waals surface area contributed by atoms with Crippen LogP contribution in [0.1, 0.15) is 5.56 Å². The van der Waals surface area contributed by atoms with Crippen LogP contribution in [0.4, 0.5) is 0 Å². The Morgan fingerprint density at radius 1 is 1.50 bits per heavy atom. The molecular weight excluding hydrogens is 200 g/mol. The van der Waals surface area contributed by atoms with Crippen LogP contribution in [0.2, 0.25) is 0 Å². The van der Waals surface area contributed by atoms with E-state index in [1.165, 1.54) is 13.2 Å². The van der Waals surface area contributed by atoms with Gasteiger partial charge in [-0.2, -0.15) is 0 Å². The van der Waals surface area contributed by atoms with Gasteiger partial charge in [-0.15, -0.1) is 0 Å². The number of ether oxygens (including phenoxy) is 1. The fourth-order valence-corrected chi connectivity index (χ4v) is 1.32. The molecule has 1 N–H and O–H groups in total. The van der Waals surface area contributed by atoms with Crippen molar-refractivity contribution >= 4 is 16.9 Å². The van der Waals surface area contributed by atoms with Crippen LogP contribution in [0, 0.1) is 0 Å². The van der Waals surface area contributed by atoms with E-state index in [9.17, 15) is 9.32 Å². The normalized spacial score (nSPS) is 13.0.